The van der Waals surface area contributed by atoms with Crippen molar-refractivity contribution in [3.63, 3.8) is 0 Å². The van der Waals surface area contributed by atoms with Gasteiger partial charge in [0, 0.05) is 37.3 Å². The van der Waals surface area contributed by atoms with Gasteiger partial charge in [-0.2, -0.15) is 0 Å². The molecule has 0 aliphatic carbocycles. The van der Waals surface area contributed by atoms with Gasteiger partial charge in [0.15, 0.2) is 0 Å². The SMILES string of the molecule is O=C(CN(CC(=O)NCCc1ccc(F)cc1)C(=O)c1cccc(C(=O)N(CC(=O)NCCCC[C@H](NC(=O)OCc2ccccc2)C(=O)OCc2ccccc2)CC(=O)NCCc2ccc(F)cc2)c1)NCCCC[C@H](NC(=O)OCc1ccccc1)C(=O)OCc1ccccc1. The second-order valence-corrected chi connectivity index (χ2v) is 22.8. The number of nitrogens with one attached hydrogen (secondary N) is 6. The average molecular weight is 1340 g/mol. The monoisotopic (exact) mass is 1340 g/mol. The predicted octanol–water partition coefficient (Wildman–Crippen LogP) is 8.22. The summed E-state index contributed by atoms with van der Waals surface area (Å²) < 4.78 is 49.1. The molecule has 0 fully saturated rings. The molecule has 0 spiro atoms. The highest BCUT2D eigenvalue weighted by atomic mass is 19.1. The van der Waals surface area contributed by atoms with Gasteiger partial charge in [0.2, 0.25) is 23.6 Å². The lowest BCUT2D eigenvalue weighted by atomic mass is 10.1. The number of unbranched alkanes of at least 4 members (excludes halogenated alkanes) is 2. The van der Waals surface area contributed by atoms with E-state index in [1.54, 1.807) is 121 Å². The second kappa shape index (κ2) is 40.8. The molecule has 0 bridgehead atoms. The summed E-state index contributed by atoms with van der Waals surface area (Å²) in [7, 11) is 0. The number of hydrogen-bond donors (Lipinski definition) is 6. The molecule has 22 nitrogen and oxygen atoms in total. The highest BCUT2D eigenvalue weighted by molar-refractivity contribution is 6.03. The van der Waals surface area contributed by atoms with Crippen molar-refractivity contribution in [3.05, 3.63) is 250 Å². The molecule has 0 unspecified atom stereocenters. The maximum atomic E-state index is 14.6. The number of rotatable bonds is 38. The predicted molar refractivity (Wildman–Crippen MR) is 358 cm³/mol. The van der Waals surface area contributed by atoms with E-state index in [4.69, 9.17) is 18.9 Å². The summed E-state index contributed by atoms with van der Waals surface area (Å²) >= 11 is 0. The van der Waals surface area contributed by atoms with Gasteiger partial charge in [0.05, 0.1) is 0 Å². The van der Waals surface area contributed by atoms with Crippen molar-refractivity contribution in [1.29, 1.82) is 0 Å². The van der Waals surface area contributed by atoms with E-state index in [1.807, 2.05) is 24.3 Å². The summed E-state index contributed by atoms with van der Waals surface area (Å²) in [6, 6.07) is 50.3. The lowest BCUT2D eigenvalue weighted by Gasteiger charge is -2.24. The Morgan fingerprint density at radius 2 is 0.643 bits per heavy atom. The molecule has 0 aliphatic heterocycles. The van der Waals surface area contributed by atoms with Crippen LogP contribution in [0.15, 0.2) is 194 Å². The van der Waals surface area contributed by atoms with Crippen molar-refractivity contribution in [2.75, 3.05) is 52.4 Å². The number of amides is 8. The fourth-order valence-electron chi connectivity index (χ4n) is 9.83. The first kappa shape index (κ1) is 74.1. The summed E-state index contributed by atoms with van der Waals surface area (Å²) in [5.41, 5.74) is 4.08. The number of esters is 2. The molecule has 0 radical (unpaired) electrons. The third-order valence-corrected chi connectivity index (χ3v) is 15.1. The molecule has 0 aromatic heterocycles. The highest BCUT2D eigenvalue weighted by Gasteiger charge is 2.28. The molecule has 6 N–H and O–H groups in total. The third kappa shape index (κ3) is 27.6. The van der Waals surface area contributed by atoms with Crippen molar-refractivity contribution in [1.82, 2.24) is 41.7 Å². The fourth-order valence-corrected chi connectivity index (χ4v) is 9.83. The van der Waals surface area contributed by atoms with Gasteiger partial charge in [-0.15, -0.1) is 0 Å². The topological polar surface area (TPSA) is 286 Å². The number of halogens is 2. The molecule has 0 aliphatic rings. The van der Waals surface area contributed by atoms with Gasteiger partial charge < -0.3 is 60.6 Å². The van der Waals surface area contributed by atoms with Crippen LogP contribution in [0.3, 0.4) is 0 Å². The maximum absolute atomic E-state index is 14.6. The molecular formula is C74H80F2N8O14. The third-order valence-electron chi connectivity index (χ3n) is 15.1. The highest BCUT2D eigenvalue weighted by Crippen LogP contribution is 2.15. The van der Waals surface area contributed by atoms with Crippen LogP contribution in [0.4, 0.5) is 18.4 Å². The largest absolute Gasteiger partial charge is 0.459 e. The number of carbonyl (C=O) groups is 10. The van der Waals surface area contributed by atoms with Crippen LogP contribution in [0.5, 0.6) is 0 Å². The Balaban J connectivity index is 0.990. The van der Waals surface area contributed by atoms with Gasteiger partial charge in [-0.25, -0.2) is 28.0 Å². The van der Waals surface area contributed by atoms with E-state index in [0.717, 1.165) is 43.2 Å². The normalized spacial score (nSPS) is 11.3. The van der Waals surface area contributed by atoms with Crippen LogP contribution in [0.25, 0.3) is 0 Å². The minimum Gasteiger partial charge on any atom is -0.459 e. The van der Waals surface area contributed by atoms with E-state index in [0.29, 0.717) is 38.5 Å². The first-order valence-corrected chi connectivity index (χ1v) is 32.1. The van der Waals surface area contributed by atoms with Gasteiger partial charge in [-0.05, 0) is 127 Å². The van der Waals surface area contributed by atoms with Crippen LogP contribution in [-0.2, 0) is 87.0 Å². The summed E-state index contributed by atoms with van der Waals surface area (Å²) in [5.74, 6) is -6.63. The number of alkyl carbamates (subject to hydrolysis) is 2. The zero-order valence-electron chi connectivity index (χ0n) is 54.1. The minimum atomic E-state index is -1.11. The fraction of sp³-hybridized carbons (Fsp3) is 0.297. The maximum Gasteiger partial charge on any atom is 0.408 e. The Morgan fingerprint density at radius 3 is 0.969 bits per heavy atom. The Labute approximate surface area is 567 Å². The van der Waals surface area contributed by atoms with E-state index in [-0.39, 0.29) is 76.6 Å². The number of ether oxygens (including phenoxy) is 4. The van der Waals surface area contributed by atoms with E-state index in [9.17, 15) is 56.7 Å². The quantitative estimate of drug-likeness (QED) is 0.0121. The Bertz CT molecular complexity index is 3470. The molecule has 7 rings (SSSR count). The Morgan fingerprint density at radius 1 is 0.337 bits per heavy atom. The molecule has 0 saturated carbocycles. The van der Waals surface area contributed by atoms with Gasteiger partial charge >= 0.3 is 24.1 Å². The van der Waals surface area contributed by atoms with Crippen LogP contribution >= 0.6 is 0 Å². The van der Waals surface area contributed by atoms with Crippen molar-refractivity contribution >= 4 is 59.6 Å². The van der Waals surface area contributed by atoms with E-state index in [2.05, 4.69) is 31.9 Å². The molecule has 24 heteroatoms. The molecular weight excluding hydrogens is 1260 g/mol. The van der Waals surface area contributed by atoms with Gasteiger partial charge in [-0.3, -0.25) is 28.8 Å². The lowest BCUT2D eigenvalue weighted by Crippen LogP contribution is -2.47. The smallest absolute Gasteiger partial charge is 0.408 e. The molecule has 0 heterocycles. The molecule has 0 saturated heterocycles. The van der Waals surface area contributed by atoms with Gasteiger partial charge in [0.1, 0.15) is 76.3 Å². The molecule has 98 heavy (non-hydrogen) atoms. The summed E-state index contributed by atoms with van der Waals surface area (Å²) in [6.07, 6.45) is 0.304. The number of carbonyl (C=O) groups excluding carboxylic acids is 10. The zero-order chi connectivity index (χ0) is 69.7. The zero-order valence-corrected chi connectivity index (χ0v) is 54.1. The van der Waals surface area contributed by atoms with Crippen molar-refractivity contribution in [2.45, 2.75) is 89.9 Å². The minimum absolute atomic E-state index is 0.0417. The van der Waals surface area contributed by atoms with Crippen molar-refractivity contribution in [2.24, 2.45) is 0 Å². The first-order chi connectivity index (χ1) is 47.5. The molecule has 514 valence electrons. The standard InChI is InChI=1S/C74H80F2N8O14/c75-61-34-30-53(31-35-61)38-42-79-67(87)47-83(45-65(85)77-40-15-13-28-63(71(91)95-49-55-18-5-1-6-19-55)81-73(93)97-51-57-22-9-3-10-23-57)69(89)59-26-17-27-60(44-59)70(90)84(48-68(88)80-43-39-54-32-36-62(76)37-33-54)46-66(86)78-41-16-14-29-64(72(92)96-50-56-20-7-2-8-21-56)82-74(94)98-52-58-24-11-4-12-25-58/h1-12,17-27,30-37,44,63-64H,13-16,28-29,38-43,45-52H2,(H,77,85)(H,78,86)(H,79,87)(H,80,88)(H,81,93)(H,82,94)/t63-,64-/m0/s1. The van der Waals surface area contributed by atoms with Crippen LogP contribution in [0.2, 0.25) is 0 Å². The Kier molecular flexibility index (Phi) is 30.9. The van der Waals surface area contributed by atoms with E-state index >= 15 is 0 Å². The molecule has 7 aromatic carbocycles. The molecule has 8 amide bonds. The summed E-state index contributed by atoms with van der Waals surface area (Å²) in [4.78, 5) is 138. The number of hydrogen-bond acceptors (Lipinski definition) is 14. The first-order valence-electron chi connectivity index (χ1n) is 32.1. The van der Waals surface area contributed by atoms with Crippen molar-refractivity contribution < 1.29 is 75.7 Å². The molecule has 2 atom stereocenters. The number of nitrogens with zero attached hydrogens (tertiary/aromatic N) is 2. The summed E-state index contributed by atoms with van der Waals surface area (Å²) in [5, 5.41) is 16.1. The van der Waals surface area contributed by atoms with Crippen LogP contribution in [-0.4, -0.2) is 134 Å². The Hall–Kier alpha value is -11.3. The van der Waals surface area contributed by atoms with E-state index in [1.165, 1.54) is 48.5 Å². The van der Waals surface area contributed by atoms with Gasteiger partial charge in [-0.1, -0.05) is 152 Å². The van der Waals surface area contributed by atoms with Gasteiger partial charge in [0.25, 0.3) is 11.8 Å². The van der Waals surface area contributed by atoms with E-state index < -0.39 is 109 Å². The summed E-state index contributed by atoms with van der Waals surface area (Å²) in [6.45, 7) is -2.48. The van der Waals surface area contributed by atoms with Crippen LogP contribution in [0, 0.1) is 11.6 Å². The van der Waals surface area contributed by atoms with Crippen molar-refractivity contribution in [3.8, 4) is 0 Å². The number of benzene rings is 7. The lowest BCUT2D eigenvalue weighted by molar-refractivity contribution is -0.148. The second-order valence-electron chi connectivity index (χ2n) is 22.8. The molecule has 7 aromatic rings. The van der Waals surface area contributed by atoms with Crippen LogP contribution in [0.1, 0.15) is 92.6 Å². The van der Waals surface area contributed by atoms with Crippen LogP contribution < -0.4 is 31.9 Å². The average Bonchev–Trinajstić information content (AvgIpc) is 0.852.